The average Bonchev–Trinajstić information content (AvgIpc) is 2.45. The summed E-state index contributed by atoms with van der Waals surface area (Å²) < 4.78 is 0. The second kappa shape index (κ2) is 6.41. The van der Waals surface area contributed by atoms with Gasteiger partial charge in [-0.25, -0.2) is 0 Å². The molecule has 1 heterocycles. The maximum Gasteiger partial charge on any atom is 0.227 e. The van der Waals surface area contributed by atoms with Crippen molar-refractivity contribution in [3.63, 3.8) is 0 Å². The number of carbonyl (C=O) groups is 1. The minimum absolute atomic E-state index is 0.0116. The molecule has 3 atom stereocenters. The van der Waals surface area contributed by atoms with Crippen LogP contribution in [0, 0.1) is 11.8 Å². The quantitative estimate of drug-likeness (QED) is 0.674. The molecule has 2 heteroatoms. The van der Waals surface area contributed by atoms with Gasteiger partial charge in [0, 0.05) is 12.0 Å². The van der Waals surface area contributed by atoms with E-state index in [1.54, 1.807) is 0 Å². The Balaban J connectivity index is 0.000000791. The Hall–Kier alpha value is -1.05. The Labute approximate surface area is 87.1 Å². The molecule has 1 N–H and O–H groups in total. The number of hydrogen-bond donors (Lipinski definition) is 1. The Morgan fingerprint density at radius 1 is 1.43 bits per heavy atom. The van der Waals surface area contributed by atoms with Crippen molar-refractivity contribution in [3.05, 3.63) is 24.8 Å². The van der Waals surface area contributed by atoms with Gasteiger partial charge >= 0.3 is 0 Å². The van der Waals surface area contributed by atoms with E-state index in [-0.39, 0.29) is 23.8 Å². The number of rotatable bonds is 2. The number of carbonyl (C=O) groups excluding carboxylic acids is 1. The molecule has 0 spiro atoms. The van der Waals surface area contributed by atoms with E-state index in [1.807, 2.05) is 45.9 Å². The Morgan fingerprint density at radius 3 is 2.43 bits per heavy atom. The van der Waals surface area contributed by atoms with Crippen LogP contribution in [0.4, 0.5) is 0 Å². The smallest absolute Gasteiger partial charge is 0.227 e. The fraction of sp³-hybridized carbons (Fsp3) is 0.583. The van der Waals surface area contributed by atoms with Gasteiger partial charge in [0.25, 0.3) is 0 Å². The highest BCUT2D eigenvalue weighted by molar-refractivity contribution is 5.83. The first-order valence-electron chi connectivity index (χ1n) is 5.26. The van der Waals surface area contributed by atoms with Crippen molar-refractivity contribution in [2.75, 3.05) is 0 Å². The van der Waals surface area contributed by atoms with Gasteiger partial charge in [0.2, 0.25) is 5.91 Å². The van der Waals surface area contributed by atoms with E-state index in [1.165, 1.54) is 0 Å². The standard InChI is InChI=1S/C10H15NO.C2H6/c1-4-6-9-8(5-2)7(3)11-10(9)12;1-2/h4-9H,2H2,1,3H3,(H,11,12);1-2H3/b6-4-;. The lowest BCUT2D eigenvalue weighted by atomic mass is 9.91. The Kier molecular flexibility index (Phi) is 5.93. The van der Waals surface area contributed by atoms with Gasteiger partial charge < -0.3 is 5.32 Å². The molecule has 0 radical (unpaired) electrons. The molecule has 1 fully saturated rings. The summed E-state index contributed by atoms with van der Waals surface area (Å²) in [7, 11) is 0. The van der Waals surface area contributed by atoms with Crippen molar-refractivity contribution in [2.24, 2.45) is 11.8 Å². The van der Waals surface area contributed by atoms with Crippen LogP contribution in [0.25, 0.3) is 0 Å². The molecular weight excluding hydrogens is 174 g/mol. The molecule has 80 valence electrons. The van der Waals surface area contributed by atoms with Crippen LogP contribution in [0.5, 0.6) is 0 Å². The molecule has 1 rings (SSSR count). The monoisotopic (exact) mass is 195 g/mol. The summed E-state index contributed by atoms with van der Waals surface area (Å²) in [6.07, 6.45) is 5.71. The molecule has 0 bridgehead atoms. The van der Waals surface area contributed by atoms with Crippen LogP contribution >= 0.6 is 0 Å². The number of hydrogen-bond acceptors (Lipinski definition) is 1. The van der Waals surface area contributed by atoms with Crippen molar-refractivity contribution in [1.82, 2.24) is 5.32 Å². The zero-order valence-electron chi connectivity index (χ0n) is 9.58. The summed E-state index contributed by atoms with van der Waals surface area (Å²) in [5.74, 6) is 0.349. The maximum atomic E-state index is 11.3. The summed E-state index contributed by atoms with van der Waals surface area (Å²) in [5.41, 5.74) is 0. The molecule has 0 aromatic carbocycles. The second-order valence-electron chi connectivity index (χ2n) is 3.16. The van der Waals surface area contributed by atoms with E-state index < -0.39 is 0 Å². The molecule has 1 aliphatic heterocycles. The minimum atomic E-state index is -0.0116. The van der Waals surface area contributed by atoms with Crippen LogP contribution < -0.4 is 5.32 Å². The predicted molar refractivity (Wildman–Crippen MR) is 60.9 cm³/mol. The third-order valence-electron chi connectivity index (χ3n) is 2.34. The summed E-state index contributed by atoms with van der Waals surface area (Å²) in [4.78, 5) is 11.3. The molecule has 14 heavy (non-hydrogen) atoms. The minimum Gasteiger partial charge on any atom is -0.352 e. The normalized spacial score (nSPS) is 30.9. The lowest BCUT2D eigenvalue weighted by Crippen LogP contribution is -2.24. The first kappa shape index (κ1) is 12.9. The highest BCUT2D eigenvalue weighted by Gasteiger charge is 2.35. The zero-order valence-corrected chi connectivity index (χ0v) is 9.58. The van der Waals surface area contributed by atoms with Crippen molar-refractivity contribution < 1.29 is 4.79 Å². The van der Waals surface area contributed by atoms with Crippen LogP contribution in [0.2, 0.25) is 0 Å². The molecule has 2 nitrogen and oxygen atoms in total. The first-order chi connectivity index (χ1) is 6.70. The fourth-order valence-electron chi connectivity index (χ4n) is 1.68. The Bertz CT molecular complexity index is 220. The molecule has 0 aliphatic carbocycles. The molecule has 0 aromatic heterocycles. The van der Waals surface area contributed by atoms with Gasteiger partial charge in [-0.15, -0.1) is 6.58 Å². The van der Waals surface area contributed by atoms with Crippen LogP contribution in [-0.4, -0.2) is 11.9 Å². The van der Waals surface area contributed by atoms with Crippen LogP contribution in [0.1, 0.15) is 27.7 Å². The molecule has 1 aliphatic rings. The number of allylic oxidation sites excluding steroid dienone is 1. The highest BCUT2D eigenvalue weighted by atomic mass is 16.2. The van der Waals surface area contributed by atoms with Crippen LogP contribution in [0.3, 0.4) is 0 Å². The topological polar surface area (TPSA) is 29.1 Å². The molecule has 3 unspecified atom stereocenters. The van der Waals surface area contributed by atoms with Crippen molar-refractivity contribution in [2.45, 2.75) is 33.7 Å². The summed E-state index contributed by atoms with van der Waals surface area (Å²) in [5, 5.41) is 2.89. The molecule has 1 amide bonds. The molecule has 1 saturated heterocycles. The van der Waals surface area contributed by atoms with Gasteiger partial charge in [0.05, 0.1) is 5.92 Å². The molecule has 0 aromatic rings. The van der Waals surface area contributed by atoms with E-state index in [4.69, 9.17) is 0 Å². The van der Waals surface area contributed by atoms with Crippen molar-refractivity contribution in [3.8, 4) is 0 Å². The van der Waals surface area contributed by atoms with E-state index >= 15 is 0 Å². The molecule has 0 saturated carbocycles. The van der Waals surface area contributed by atoms with Gasteiger partial charge in [0.1, 0.15) is 0 Å². The SMILES string of the molecule is C=CC1C(C)NC(=O)C1/C=C\C.CC. The van der Waals surface area contributed by atoms with E-state index in [0.717, 1.165) is 0 Å². The van der Waals surface area contributed by atoms with E-state index in [0.29, 0.717) is 0 Å². The number of nitrogens with one attached hydrogen (secondary N) is 1. The maximum absolute atomic E-state index is 11.3. The zero-order chi connectivity index (χ0) is 11.1. The van der Waals surface area contributed by atoms with Gasteiger partial charge in [0.15, 0.2) is 0 Å². The average molecular weight is 195 g/mol. The van der Waals surface area contributed by atoms with Gasteiger partial charge in [-0.05, 0) is 13.8 Å². The van der Waals surface area contributed by atoms with E-state index in [9.17, 15) is 4.79 Å². The summed E-state index contributed by atoms with van der Waals surface area (Å²) >= 11 is 0. The third kappa shape index (κ3) is 2.72. The summed E-state index contributed by atoms with van der Waals surface area (Å²) in [6, 6.07) is 0.219. The van der Waals surface area contributed by atoms with Gasteiger partial charge in [-0.3, -0.25) is 4.79 Å². The fourth-order valence-corrected chi connectivity index (χ4v) is 1.68. The van der Waals surface area contributed by atoms with Crippen molar-refractivity contribution in [1.29, 1.82) is 0 Å². The van der Waals surface area contributed by atoms with Gasteiger partial charge in [-0.2, -0.15) is 0 Å². The summed E-state index contributed by atoms with van der Waals surface area (Å²) in [6.45, 7) is 11.7. The largest absolute Gasteiger partial charge is 0.352 e. The Morgan fingerprint density at radius 2 is 2.00 bits per heavy atom. The van der Waals surface area contributed by atoms with E-state index in [2.05, 4.69) is 11.9 Å². The first-order valence-corrected chi connectivity index (χ1v) is 5.26. The lowest BCUT2D eigenvalue weighted by Gasteiger charge is -2.11. The van der Waals surface area contributed by atoms with Crippen LogP contribution in [0.15, 0.2) is 24.8 Å². The number of amides is 1. The van der Waals surface area contributed by atoms with Crippen molar-refractivity contribution >= 4 is 5.91 Å². The van der Waals surface area contributed by atoms with Crippen LogP contribution in [-0.2, 0) is 4.79 Å². The third-order valence-corrected chi connectivity index (χ3v) is 2.34. The lowest BCUT2D eigenvalue weighted by molar-refractivity contribution is -0.121. The second-order valence-corrected chi connectivity index (χ2v) is 3.16. The highest BCUT2D eigenvalue weighted by Crippen LogP contribution is 2.25. The van der Waals surface area contributed by atoms with Gasteiger partial charge in [-0.1, -0.05) is 32.1 Å². The predicted octanol–water partition coefficient (Wildman–Crippen LogP) is 2.53. The molecular formula is C12H21NO.